The lowest BCUT2D eigenvalue weighted by atomic mass is 10.1. The van der Waals surface area contributed by atoms with Crippen LogP contribution in [-0.4, -0.2) is 27.0 Å². The van der Waals surface area contributed by atoms with Gasteiger partial charge in [0.25, 0.3) is 5.91 Å². The van der Waals surface area contributed by atoms with Crippen LogP contribution in [0.2, 0.25) is 0 Å². The number of nitrogens with zero attached hydrogens (tertiary/aromatic N) is 3. The van der Waals surface area contributed by atoms with Gasteiger partial charge in [-0.05, 0) is 42.8 Å². The SMILES string of the molecule is CCCC1=NN2C(=N)/C(=C/c3ccco3)C(=O)N=C2S1. The third-order valence-electron chi connectivity index (χ3n) is 2.79. The Bertz CT molecular complexity index is 658. The predicted molar refractivity (Wildman–Crippen MR) is 78.6 cm³/mol. The molecule has 1 amide bonds. The number of rotatable bonds is 3. The van der Waals surface area contributed by atoms with Gasteiger partial charge in [-0.15, -0.1) is 0 Å². The van der Waals surface area contributed by atoms with Crippen molar-refractivity contribution >= 4 is 39.8 Å². The van der Waals surface area contributed by atoms with E-state index in [0.29, 0.717) is 10.9 Å². The molecule has 0 saturated carbocycles. The summed E-state index contributed by atoms with van der Waals surface area (Å²) < 4.78 is 5.17. The largest absolute Gasteiger partial charge is 0.465 e. The Balaban J connectivity index is 1.94. The summed E-state index contributed by atoms with van der Waals surface area (Å²) in [4.78, 5) is 16.0. The molecule has 0 unspecified atom stereocenters. The lowest BCUT2D eigenvalue weighted by Gasteiger charge is -2.19. The molecule has 2 aliphatic heterocycles. The molecule has 20 heavy (non-hydrogen) atoms. The normalized spacial score (nSPS) is 20.2. The molecule has 0 aromatic carbocycles. The van der Waals surface area contributed by atoms with Crippen LogP contribution >= 0.6 is 11.8 Å². The fourth-order valence-corrected chi connectivity index (χ4v) is 2.85. The first-order valence-corrected chi connectivity index (χ1v) is 7.03. The van der Waals surface area contributed by atoms with Crippen LogP contribution < -0.4 is 0 Å². The van der Waals surface area contributed by atoms with E-state index in [4.69, 9.17) is 9.83 Å². The summed E-state index contributed by atoms with van der Waals surface area (Å²) >= 11 is 1.35. The molecule has 1 N–H and O–H groups in total. The maximum atomic E-state index is 12.0. The van der Waals surface area contributed by atoms with Gasteiger partial charge in [-0.25, -0.2) is 0 Å². The van der Waals surface area contributed by atoms with Gasteiger partial charge < -0.3 is 4.42 Å². The van der Waals surface area contributed by atoms with Crippen molar-refractivity contribution in [2.24, 2.45) is 10.1 Å². The second-order valence-corrected chi connectivity index (χ2v) is 5.32. The Morgan fingerprint density at radius 3 is 3.10 bits per heavy atom. The molecule has 0 fully saturated rings. The van der Waals surface area contributed by atoms with Crippen molar-refractivity contribution in [3.8, 4) is 0 Å². The topological polar surface area (TPSA) is 82.0 Å². The minimum atomic E-state index is -0.432. The summed E-state index contributed by atoms with van der Waals surface area (Å²) in [5.41, 5.74) is 0.186. The Morgan fingerprint density at radius 2 is 2.40 bits per heavy atom. The van der Waals surface area contributed by atoms with Crippen molar-refractivity contribution in [1.82, 2.24) is 5.01 Å². The Labute approximate surface area is 119 Å². The van der Waals surface area contributed by atoms with Gasteiger partial charge in [0.05, 0.1) is 11.8 Å². The molecule has 3 heterocycles. The molecule has 1 aromatic rings. The van der Waals surface area contributed by atoms with Gasteiger partial charge in [0, 0.05) is 0 Å². The number of hydrazone groups is 1. The molecule has 0 radical (unpaired) electrons. The lowest BCUT2D eigenvalue weighted by Crippen LogP contribution is -2.35. The van der Waals surface area contributed by atoms with Crippen molar-refractivity contribution in [3.05, 3.63) is 29.7 Å². The molecule has 2 aliphatic rings. The third-order valence-corrected chi connectivity index (χ3v) is 3.76. The van der Waals surface area contributed by atoms with Gasteiger partial charge in [0.15, 0.2) is 5.84 Å². The fourth-order valence-electron chi connectivity index (χ4n) is 1.86. The highest BCUT2D eigenvalue weighted by Crippen LogP contribution is 2.29. The highest BCUT2D eigenvalue weighted by Gasteiger charge is 2.35. The number of amidine groups is 2. The molecule has 0 spiro atoms. The van der Waals surface area contributed by atoms with E-state index in [1.807, 2.05) is 0 Å². The molecule has 7 heteroatoms. The van der Waals surface area contributed by atoms with E-state index < -0.39 is 5.91 Å². The fraction of sp³-hybridized carbons (Fsp3) is 0.231. The number of nitrogens with one attached hydrogen (secondary N) is 1. The van der Waals surface area contributed by atoms with E-state index in [-0.39, 0.29) is 11.4 Å². The van der Waals surface area contributed by atoms with Crippen LogP contribution in [0.5, 0.6) is 0 Å². The summed E-state index contributed by atoms with van der Waals surface area (Å²) in [5.74, 6) is 0.120. The number of aliphatic imine (C=N–C) groups is 1. The van der Waals surface area contributed by atoms with E-state index in [1.54, 1.807) is 12.1 Å². The molecule has 0 atom stereocenters. The second kappa shape index (κ2) is 5.09. The number of amides is 1. The standard InChI is InChI=1S/C13H12N4O2S/c1-2-4-10-16-17-11(14)9(7-8-5-3-6-19-8)12(18)15-13(17)20-10/h3,5-7,14H,2,4H2,1H3/b9-7-,14-11?. The van der Waals surface area contributed by atoms with Crippen LogP contribution in [0.4, 0.5) is 0 Å². The zero-order valence-electron chi connectivity index (χ0n) is 10.8. The molecule has 1 aromatic heterocycles. The van der Waals surface area contributed by atoms with Crippen LogP contribution in [0, 0.1) is 5.41 Å². The van der Waals surface area contributed by atoms with E-state index >= 15 is 0 Å². The summed E-state index contributed by atoms with van der Waals surface area (Å²) in [5, 5.41) is 15.2. The maximum absolute atomic E-state index is 12.0. The van der Waals surface area contributed by atoms with Crippen molar-refractivity contribution in [1.29, 1.82) is 5.41 Å². The van der Waals surface area contributed by atoms with E-state index in [9.17, 15) is 4.79 Å². The average Bonchev–Trinajstić information content (AvgIpc) is 3.04. The quantitative estimate of drug-likeness (QED) is 0.867. The van der Waals surface area contributed by atoms with Gasteiger partial charge >= 0.3 is 0 Å². The zero-order chi connectivity index (χ0) is 14.1. The number of hydrogen-bond acceptors (Lipinski definition) is 5. The van der Waals surface area contributed by atoms with Crippen molar-refractivity contribution in [3.63, 3.8) is 0 Å². The molecule has 3 rings (SSSR count). The smallest absolute Gasteiger partial charge is 0.283 e. The van der Waals surface area contributed by atoms with Crippen LogP contribution in [0.1, 0.15) is 25.5 Å². The maximum Gasteiger partial charge on any atom is 0.283 e. The molecular formula is C13H12N4O2S. The summed E-state index contributed by atoms with van der Waals surface area (Å²) in [6.07, 6.45) is 4.81. The van der Waals surface area contributed by atoms with Crippen LogP contribution in [0.3, 0.4) is 0 Å². The van der Waals surface area contributed by atoms with Crippen LogP contribution in [0.25, 0.3) is 6.08 Å². The first-order valence-electron chi connectivity index (χ1n) is 6.21. The van der Waals surface area contributed by atoms with E-state index in [1.165, 1.54) is 29.1 Å². The first-order chi connectivity index (χ1) is 9.69. The Kier molecular flexibility index (Phi) is 3.27. The number of carbonyl (C=O) groups is 1. The minimum Gasteiger partial charge on any atom is -0.465 e. The molecule has 0 saturated heterocycles. The van der Waals surface area contributed by atoms with E-state index in [2.05, 4.69) is 17.0 Å². The third kappa shape index (κ3) is 2.20. The zero-order valence-corrected chi connectivity index (χ0v) is 11.6. The van der Waals surface area contributed by atoms with Crippen molar-refractivity contribution in [2.75, 3.05) is 0 Å². The van der Waals surface area contributed by atoms with Crippen molar-refractivity contribution < 1.29 is 9.21 Å². The molecule has 0 aliphatic carbocycles. The van der Waals surface area contributed by atoms with Crippen LogP contribution in [-0.2, 0) is 4.79 Å². The molecule has 0 bridgehead atoms. The van der Waals surface area contributed by atoms with Crippen LogP contribution in [0.15, 0.2) is 38.5 Å². The molecule has 6 nitrogen and oxygen atoms in total. The summed E-state index contributed by atoms with van der Waals surface area (Å²) in [6.45, 7) is 2.06. The number of thioether (sulfide) groups is 1. The minimum absolute atomic E-state index is 0.0370. The molecule has 102 valence electrons. The molecular weight excluding hydrogens is 276 g/mol. The van der Waals surface area contributed by atoms with Gasteiger partial charge in [-0.1, -0.05) is 6.92 Å². The summed E-state index contributed by atoms with van der Waals surface area (Å²) in [7, 11) is 0. The Morgan fingerprint density at radius 1 is 1.55 bits per heavy atom. The highest BCUT2D eigenvalue weighted by atomic mass is 32.2. The van der Waals surface area contributed by atoms with Gasteiger partial charge in [0.1, 0.15) is 10.8 Å². The lowest BCUT2D eigenvalue weighted by molar-refractivity contribution is -0.114. The van der Waals surface area contributed by atoms with Gasteiger partial charge in [-0.2, -0.15) is 15.1 Å². The summed E-state index contributed by atoms with van der Waals surface area (Å²) in [6, 6.07) is 3.44. The Hall–Kier alpha value is -2.15. The van der Waals surface area contributed by atoms with Crippen molar-refractivity contribution in [2.45, 2.75) is 19.8 Å². The predicted octanol–water partition coefficient (Wildman–Crippen LogP) is 2.70. The number of hydrogen-bond donors (Lipinski definition) is 1. The number of fused-ring (bicyclic) bond motifs is 1. The van der Waals surface area contributed by atoms with Gasteiger partial charge in [0.2, 0.25) is 5.17 Å². The highest BCUT2D eigenvalue weighted by molar-refractivity contribution is 8.26. The van der Waals surface area contributed by atoms with Gasteiger partial charge in [-0.3, -0.25) is 10.2 Å². The number of furan rings is 1. The second-order valence-electron chi connectivity index (χ2n) is 4.28. The first kappa shape index (κ1) is 12.9. The number of carbonyl (C=O) groups excluding carboxylic acids is 1. The monoisotopic (exact) mass is 288 g/mol. The average molecular weight is 288 g/mol. The van der Waals surface area contributed by atoms with E-state index in [0.717, 1.165) is 17.9 Å².